The molecule has 0 aromatic rings. The van der Waals surface area contributed by atoms with Gasteiger partial charge in [-0.15, -0.1) is 0 Å². The van der Waals surface area contributed by atoms with Gasteiger partial charge in [0, 0.05) is 6.42 Å². The standard InChI is InChI=1S/C7H12FNO4/c8-5-1-4(2-10)13-3-6(5)9-7(11)12/h4-6,9-10H,1-3H2,(H,11,12). The molecule has 1 heterocycles. The molecule has 5 nitrogen and oxygen atoms in total. The number of rotatable bonds is 2. The van der Waals surface area contributed by atoms with Crippen molar-refractivity contribution in [2.75, 3.05) is 13.2 Å². The van der Waals surface area contributed by atoms with Gasteiger partial charge in [-0.25, -0.2) is 9.18 Å². The molecule has 0 aliphatic carbocycles. The van der Waals surface area contributed by atoms with Gasteiger partial charge in [-0.2, -0.15) is 0 Å². The molecule has 0 aromatic heterocycles. The van der Waals surface area contributed by atoms with Crippen LogP contribution in [-0.2, 0) is 4.74 Å². The quantitative estimate of drug-likeness (QED) is 0.564. The Bertz CT molecular complexity index is 189. The Kier molecular flexibility index (Phi) is 3.44. The van der Waals surface area contributed by atoms with E-state index in [4.69, 9.17) is 14.9 Å². The van der Waals surface area contributed by atoms with Gasteiger partial charge in [-0.05, 0) is 0 Å². The van der Waals surface area contributed by atoms with Crippen LogP contribution < -0.4 is 5.32 Å². The molecular weight excluding hydrogens is 181 g/mol. The number of ether oxygens (including phenoxy) is 1. The van der Waals surface area contributed by atoms with E-state index in [-0.39, 0.29) is 19.6 Å². The molecule has 1 amide bonds. The maximum absolute atomic E-state index is 13.1. The first-order chi connectivity index (χ1) is 6.13. The van der Waals surface area contributed by atoms with Gasteiger partial charge in [0.15, 0.2) is 0 Å². The van der Waals surface area contributed by atoms with Crippen molar-refractivity contribution < 1.29 is 24.1 Å². The predicted octanol–water partition coefficient (Wildman–Crippen LogP) is -0.258. The van der Waals surface area contributed by atoms with E-state index in [1.165, 1.54) is 0 Å². The number of carbonyl (C=O) groups is 1. The Balaban J connectivity index is 2.39. The molecule has 1 fully saturated rings. The summed E-state index contributed by atoms with van der Waals surface area (Å²) in [6.07, 6.45) is -3.04. The van der Waals surface area contributed by atoms with Crippen LogP contribution in [0.15, 0.2) is 0 Å². The van der Waals surface area contributed by atoms with Crippen LogP contribution in [0.2, 0.25) is 0 Å². The molecule has 13 heavy (non-hydrogen) atoms. The third-order valence-electron chi connectivity index (χ3n) is 1.95. The molecule has 0 bridgehead atoms. The molecule has 0 radical (unpaired) electrons. The lowest BCUT2D eigenvalue weighted by atomic mass is 10.0. The lowest BCUT2D eigenvalue weighted by Gasteiger charge is -2.30. The minimum Gasteiger partial charge on any atom is -0.465 e. The highest BCUT2D eigenvalue weighted by molar-refractivity contribution is 5.65. The van der Waals surface area contributed by atoms with Crippen molar-refractivity contribution in [3.05, 3.63) is 0 Å². The average molecular weight is 193 g/mol. The van der Waals surface area contributed by atoms with Crippen LogP contribution in [0.5, 0.6) is 0 Å². The van der Waals surface area contributed by atoms with Crippen LogP contribution in [0, 0.1) is 0 Å². The van der Waals surface area contributed by atoms with Crippen molar-refractivity contribution in [3.8, 4) is 0 Å². The number of hydrogen-bond donors (Lipinski definition) is 3. The van der Waals surface area contributed by atoms with Crippen molar-refractivity contribution in [1.29, 1.82) is 0 Å². The van der Waals surface area contributed by atoms with Gasteiger partial charge in [0.25, 0.3) is 0 Å². The van der Waals surface area contributed by atoms with E-state index in [1.807, 2.05) is 5.32 Å². The minimum atomic E-state index is -1.29. The van der Waals surface area contributed by atoms with Gasteiger partial charge in [0.05, 0.1) is 25.4 Å². The highest BCUT2D eigenvalue weighted by atomic mass is 19.1. The average Bonchev–Trinajstić information content (AvgIpc) is 2.08. The molecular formula is C7H12FNO4. The van der Waals surface area contributed by atoms with Gasteiger partial charge in [0.2, 0.25) is 0 Å². The monoisotopic (exact) mass is 193 g/mol. The van der Waals surface area contributed by atoms with Crippen molar-refractivity contribution in [2.45, 2.75) is 24.7 Å². The first kappa shape index (κ1) is 10.2. The second-order valence-corrected chi connectivity index (χ2v) is 2.95. The molecule has 0 spiro atoms. The third kappa shape index (κ3) is 2.82. The number of halogens is 1. The number of aliphatic hydroxyl groups excluding tert-OH is 1. The van der Waals surface area contributed by atoms with Crippen molar-refractivity contribution in [2.24, 2.45) is 0 Å². The van der Waals surface area contributed by atoms with E-state index in [9.17, 15) is 9.18 Å². The minimum absolute atomic E-state index is 0.0291. The third-order valence-corrected chi connectivity index (χ3v) is 1.95. The van der Waals surface area contributed by atoms with E-state index >= 15 is 0 Å². The van der Waals surface area contributed by atoms with Crippen LogP contribution in [0.1, 0.15) is 6.42 Å². The summed E-state index contributed by atoms with van der Waals surface area (Å²) in [6.45, 7) is -0.265. The van der Waals surface area contributed by atoms with E-state index < -0.39 is 24.4 Å². The maximum atomic E-state index is 13.1. The maximum Gasteiger partial charge on any atom is 0.405 e. The van der Waals surface area contributed by atoms with Crippen LogP contribution in [0.3, 0.4) is 0 Å². The number of aliphatic hydroxyl groups is 1. The Morgan fingerprint density at radius 2 is 2.38 bits per heavy atom. The molecule has 3 unspecified atom stereocenters. The van der Waals surface area contributed by atoms with Gasteiger partial charge >= 0.3 is 6.09 Å². The fraction of sp³-hybridized carbons (Fsp3) is 0.857. The zero-order chi connectivity index (χ0) is 9.84. The summed E-state index contributed by atoms with van der Waals surface area (Å²) in [5, 5.41) is 19.0. The number of amides is 1. The van der Waals surface area contributed by atoms with Crippen molar-refractivity contribution >= 4 is 6.09 Å². The Labute approximate surface area is 74.5 Å². The molecule has 0 saturated carbocycles. The highest BCUT2D eigenvalue weighted by Crippen LogP contribution is 2.16. The number of carboxylic acid groups (broad SMARTS) is 1. The zero-order valence-corrected chi connectivity index (χ0v) is 6.94. The summed E-state index contributed by atoms with van der Waals surface area (Å²) in [4.78, 5) is 10.2. The first-order valence-electron chi connectivity index (χ1n) is 3.99. The zero-order valence-electron chi connectivity index (χ0n) is 6.94. The summed E-state index contributed by atoms with van der Waals surface area (Å²) in [5.41, 5.74) is 0. The second-order valence-electron chi connectivity index (χ2n) is 2.95. The van der Waals surface area contributed by atoms with Gasteiger partial charge in [0.1, 0.15) is 6.17 Å². The number of alkyl halides is 1. The smallest absolute Gasteiger partial charge is 0.405 e. The Morgan fingerprint density at radius 1 is 1.69 bits per heavy atom. The Hall–Kier alpha value is -0.880. The molecule has 76 valence electrons. The SMILES string of the molecule is O=C(O)NC1COC(CO)CC1F. The summed E-state index contributed by atoms with van der Waals surface area (Å²) in [5.74, 6) is 0. The number of nitrogens with one attached hydrogen (secondary N) is 1. The first-order valence-corrected chi connectivity index (χ1v) is 3.99. The lowest BCUT2D eigenvalue weighted by molar-refractivity contribution is -0.0605. The summed E-state index contributed by atoms with van der Waals surface area (Å²) >= 11 is 0. The predicted molar refractivity (Wildman–Crippen MR) is 41.3 cm³/mol. The van der Waals surface area contributed by atoms with Gasteiger partial charge < -0.3 is 20.3 Å². The van der Waals surface area contributed by atoms with Gasteiger partial charge in [-0.3, -0.25) is 0 Å². The lowest BCUT2D eigenvalue weighted by Crippen LogP contribution is -2.50. The molecule has 6 heteroatoms. The highest BCUT2D eigenvalue weighted by Gasteiger charge is 2.31. The summed E-state index contributed by atoms with van der Waals surface area (Å²) in [7, 11) is 0. The van der Waals surface area contributed by atoms with Gasteiger partial charge in [-0.1, -0.05) is 0 Å². The molecule has 1 saturated heterocycles. The molecule has 1 aliphatic rings. The molecule has 1 rings (SSSR count). The van der Waals surface area contributed by atoms with Crippen LogP contribution in [0.4, 0.5) is 9.18 Å². The second kappa shape index (κ2) is 4.38. The van der Waals surface area contributed by atoms with Crippen LogP contribution >= 0.6 is 0 Å². The fourth-order valence-corrected chi connectivity index (χ4v) is 1.25. The van der Waals surface area contributed by atoms with E-state index in [0.717, 1.165) is 0 Å². The molecule has 0 aromatic carbocycles. The summed E-state index contributed by atoms with van der Waals surface area (Å²) < 4.78 is 18.1. The molecule has 3 atom stereocenters. The largest absolute Gasteiger partial charge is 0.465 e. The fourth-order valence-electron chi connectivity index (χ4n) is 1.25. The Morgan fingerprint density at radius 3 is 2.85 bits per heavy atom. The molecule has 3 N–H and O–H groups in total. The van der Waals surface area contributed by atoms with E-state index in [1.54, 1.807) is 0 Å². The number of hydrogen-bond acceptors (Lipinski definition) is 3. The van der Waals surface area contributed by atoms with E-state index in [2.05, 4.69) is 0 Å². The van der Waals surface area contributed by atoms with Crippen LogP contribution in [0.25, 0.3) is 0 Å². The summed E-state index contributed by atoms with van der Waals surface area (Å²) in [6, 6.07) is -0.819. The topological polar surface area (TPSA) is 78.8 Å². The van der Waals surface area contributed by atoms with E-state index in [0.29, 0.717) is 0 Å². The van der Waals surface area contributed by atoms with Crippen molar-refractivity contribution in [1.82, 2.24) is 5.32 Å². The normalized spacial score (nSPS) is 34.2. The molecule has 1 aliphatic heterocycles. The van der Waals surface area contributed by atoms with Crippen LogP contribution in [-0.4, -0.2) is 47.8 Å². The van der Waals surface area contributed by atoms with Crippen molar-refractivity contribution in [3.63, 3.8) is 0 Å².